The Labute approximate surface area is 136 Å². The Bertz CT molecular complexity index is 558. The maximum Gasteiger partial charge on any atom is 0.240 e. The molecule has 0 heterocycles. The third-order valence-corrected chi connectivity index (χ3v) is 5.42. The smallest absolute Gasteiger partial charge is 0.240 e. The molecule has 1 unspecified atom stereocenters. The first-order chi connectivity index (χ1) is 9.76. The second-order valence-electron chi connectivity index (χ2n) is 5.64. The van der Waals surface area contributed by atoms with Gasteiger partial charge in [-0.1, -0.05) is 26.7 Å². The average molecular weight is 378 g/mol. The summed E-state index contributed by atoms with van der Waals surface area (Å²) < 4.78 is 33.1. The first kappa shape index (κ1) is 18.5. The summed E-state index contributed by atoms with van der Waals surface area (Å²) in [5.41, 5.74) is 0. The van der Waals surface area contributed by atoms with Crippen molar-refractivity contribution in [1.82, 2.24) is 4.72 Å². The van der Waals surface area contributed by atoms with Crippen molar-refractivity contribution >= 4 is 26.0 Å². The van der Waals surface area contributed by atoms with E-state index in [-0.39, 0.29) is 10.9 Å². The molecule has 0 amide bonds. The fourth-order valence-corrected chi connectivity index (χ4v) is 4.03. The lowest BCUT2D eigenvalue weighted by Gasteiger charge is -2.15. The summed E-state index contributed by atoms with van der Waals surface area (Å²) in [5, 5.41) is 0. The van der Waals surface area contributed by atoms with Crippen LogP contribution in [0.15, 0.2) is 27.6 Å². The summed E-state index contributed by atoms with van der Waals surface area (Å²) in [6, 6.07) is 4.67. The van der Waals surface area contributed by atoms with Gasteiger partial charge in [-0.3, -0.25) is 0 Å². The largest absolute Gasteiger partial charge is 0.496 e. The molecule has 6 heteroatoms. The highest BCUT2D eigenvalue weighted by Gasteiger charge is 2.18. The van der Waals surface area contributed by atoms with Gasteiger partial charge in [-0.2, -0.15) is 0 Å². The van der Waals surface area contributed by atoms with E-state index in [0.29, 0.717) is 16.1 Å². The van der Waals surface area contributed by atoms with Crippen LogP contribution in [0.1, 0.15) is 40.0 Å². The molecule has 0 bridgehead atoms. The number of methoxy groups -OCH3 is 1. The van der Waals surface area contributed by atoms with Gasteiger partial charge in [-0.25, -0.2) is 13.1 Å². The maximum absolute atomic E-state index is 12.3. The van der Waals surface area contributed by atoms with Crippen LogP contribution < -0.4 is 9.46 Å². The number of rotatable bonds is 8. The van der Waals surface area contributed by atoms with E-state index in [2.05, 4.69) is 34.5 Å². The molecule has 1 rings (SSSR count). The van der Waals surface area contributed by atoms with Crippen LogP contribution in [0.3, 0.4) is 0 Å². The molecule has 0 aliphatic heterocycles. The molecule has 1 atom stereocenters. The van der Waals surface area contributed by atoms with Crippen molar-refractivity contribution in [2.45, 2.75) is 51.0 Å². The molecule has 1 N–H and O–H groups in total. The topological polar surface area (TPSA) is 55.4 Å². The third-order valence-electron chi connectivity index (χ3n) is 3.21. The van der Waals surface area contributed by atoms with Crippen LogP contribution in [0, 0.1) is 5.92 Å². The minimum absolute atomic E-state index is 0.0744. The van der Waals surface area contributed by atoms with E-state index < -0.39 is 10.0 Å². The Balaban J connectivity index is 2.70. The number of halogens is 1. The van der Waals surface area contributed by atoms with Crippen molar-refractivity contribution in [1.29, 1.82) is 0 Å². The Morgan fingerprint density at radius 2 is 1.90 bits per heavy atom. The first-order valence-electron chi connectivity index (χ1n) is 7.12. The van der Waals surface area contributed by atoms with Gasteiger partial charge in [-0.15, -0.1) is 0 Å². The van der Waals surface area contributed by atoms with Crippen molar-refractivity contribution in [3.05, 3.63) is 22.7 Å². The lowest BCUT2D eigenvalue weighted by Crippen LogP contribution is -2.32. The van der Waals surface area contributed by atoms with E-state index in [4.69, 9.17) is 4.74 Å². The molecule has 0 aromatic heterocycles. The van der Waals surface area contributed by atoms with E-state index in [1.165, 1.54) is 0 Å². The van der Waals surface area contributed by atoms with Gasteiger partial charge < -0.3 is 4.74 Å². The van der Waals surface area contributed by atoms with Gasteiger partial charge in [0, 0.05) is 6.04 Å². The van der Waals surface area contributed by atoms with Crippen LogP contribution in [0.25, 0.3) is 0 Å². The van der Waals surface area contributed by atoms with E-state index in [0.717, 1.165) is 19.3 Å². The van der Waals surface area contributed by atoms with E-state index in [1.807, 2.05) is 6.92 Å². The summed E-state index contributed by atoms with van der Waals surface area (Å²) in [4.78, 5) is 0.242. The second-order valence-corrected chi connectivity index (χ2v) is 8.21. The molecule has 0 aliphatic carbocycles. The summed E-state index contributed by atoms with van der Waals surface area (Å²) >= 11 is 3.31. The number of benzene rings is 1. The van der Waals surface area contributed by atoms with Crippen LogP contribution in [0.2, 0.25) is 0 Å². The minimum atomic E-state index is -3.49. The van der Waals surface area contributed by atoms with Gasteiger partial charge in [0.1, 0.15) is 5.75 Å². The monoisotopic (exact) mass is 377 g/mol. The van der Waals surface area contributed by atoms with Gasteiger partial charge in [0.05, 0.1) is 16.5 Å². The van der Waals surface area contributed by atoms with Crippen molar-refractivity contribution in [2.24, 2.45) is 5.92 Å². The van der Waals surface area contributed by atoms with Crippen molar-refractivity contribution in [3.8, 4) is 5.75 Å². The van der Waals surface area contributed by atoms with Crippen LogP contribution in [-0.4, -0.2) is 21.6 Å². The summed E-state index contributed by atoms with van der Waals surface area (Å²) in [6.45, 7) is 6.24. The van der Waals surface area contributed by atoms with Gasteiger partial charge in [-0.05, 0) is 53.4 Å². The predicted octanol–water partition coefficient (Wildman–Crippen LogP) is 3.95. The molecule has 0 fully saturated rings. The second kappa shape index (κ2) is 8.15. The Morgan fingerprint density at radius 3 is 2.43 bits per heavy atom. The zero-order valence-electron chi connectivity index (χ0n) is 13.0. The van der Waals surface area contributed by atoms with Crippen LogP contribution in [-0.2, 0) is 10.0 Å². The number of sulfonamides is 1. The lowest BCUT2D eigenvalue weighted by molar-refractivity contribution is 0.411. The van der Waals surface area contributed by atoms with Crippen LogP contribution in [0.5, 0.6) is 5.75 Å². The lowest BCUT2D eigenvalue weighted by atomic mass is 10.0. The highest BCUT2D eigenvalue weighted by molar-refractivity contribution is 9.10. The Kier molecular flexibility index (Phi) is 7.16. The highest BCUT2D eigenvalue weighted by atomic mass is 79.9. The fraction of sp³-hybridized carbons (Fsp3) is 0.600. The summed E-state index contributed by atoms with van der Waals surface area (Å²) in [7, 11) is -1.95. The van der Waals surface area contributed by atoms with Gasteiger partial charge >= 0.3 is 0 Å². The number of hydrogen-bond acceptors (Lipinski definition) is 3. The molecule has 0 spiro atoms. The first-order valence-corrected chi connectivity index (χ1v) is 9.39. The Morgan fingerprint density at radius 1 is 1.24 bits per heavy atom. The standard InChI is InChI=1S/C15H24BrNO3S/c1-11(2)6-5-7-12(3)17-21(18,19)13-8-9-15(20-4)14(16)10-13/h8-12,17H,5-7H2,1-4H3. The maximum atomic E-state index is 12.3. The zero-order valence-corrected chi connectivity index (χ0v) is 15.4. The van der Waals surface area contributed by atoms with E-state index in [1.54, 1.807) is 25.3 Å². The number of nitrogens with one attached hydrogen (secondary N) is 1. The van der Waals surface area contributed by atoms with Crippen LogP contribution >= 0.6 is 15.9 Å². The fourth-order valence-electron chi connectivity index (χ4n) is 2.04. The molecule has 0 saturated carbocycles. The van der Waals surface area contributed by atoms with Gasteiger partial charge in [0.2, 0.25) is 10.0 Å². The quantitative estimate of drug-likeness (QED) is 0.745. The van der Waals surface area contributed by atoms with Gasteiger partial charge in [0.25, 0.3) is 0 Å². The molecular formula is C15H24BrNO3S. The number of ether oxygens (including phenoxy) is 1. The molecule has 1 aromatic rings. The minimum Gasteiger partial charge on any atom is -0.496 e. The normalized spacial score (nSPS) is 13.4. The van der Waals surface area contributed by atoms with E-state index >= 15 is 0 Å². The van der Waals surface area contributed by atoms with Crippen LogP contribution in [0.4, 0.5) is 0 Å². The third kappa shape index (κ3) is 5.96. The van der Waals surface area contributed by atoms with E-state index in [9.17, 15) is 8.42 Å². The zero-order chi connectivity index (χ0) is 16.0. The molecule has 21 heavy (non-hydrogen) atoms. The molecular weight excluding hydrogens is 354 g/mol. The highest BCUT2D eigenvalue weighted by Crippen LogP contribution is 2.27. The average Bonchev–Trinajstić information content (AvgIpc) is 2.37. The molecule has 0 radical (unpaired) electrons. The summed E-state index contributed by atoms with van der Waals surface area (Å²) in [5.74, 6) is 1.25. The molecule has 0 aliphatic rings. The number of hydrogen-bond donors (Lipinski definition) is 1. The molecule has 120 valence electrons. The SMILES string of the molecule is COc1ccc(S(=O)(=O)NC(C)CCCC(C)C)cc1Br. The van der Waals surface area contributed by atoms with Gasteiger partial charge in [0.15, 0.2) is 0 Å². The van der Waals surface area contributed by atoms with Crippen molar-refractivity contribution in [3.63, 3.8) is 0 Å². The molecule has 1 aromatic carbocycles. The molecule has 0 saturated heterocycles. The van der Waals surface area contributed by atoms with Crippen molar-refractivity contribution in [2.75, 3.05) is 7.11 Å². The van der Waals surface area contributed by atoms with Crippen molar-refractivity contribution < 1.29 is 13.2 Å². The predicted molar refractivity (Wildman–Crippen MR) is 89.2 cm³/mol. The molecule has 4 nitrogen and oxygen atoms in total. The summed E-state index contributed by atoms with van der Waals surface area (Å²) in [6.07, 6.45) is 2.97. The Hall–Kier alpha value is -0.590.